The van der Waals surface area contributed by atoms with Gasteiger partial charge in [-0.05, 0) is 64.5 Å². The van der Waals surface area contributed by atoms with Crippen LogP contribution in [0.4, 0.5) is 0 Å². The van der Waals surface area contributed by atoms with Crippen LogP contribution < -0.4 is 0 Å². The Balaban J connectivity index is 3.62. The van der Waals surface area contributed by atoms with E-state index in [1.807, 2.05) is 12.2 Å². The second-order valence-corrected chi connectivity index (χ2v) is 11.3. The number of aliphatic hydroxyl groups excluding tert-OH is 1. The molecule has 0 amide bonds. The summed E-state index contributed by atoms with van der Waals surface area (Å²) in [5, 5.41) is 9.41. The molecule has 240 valence electrons. The monoisotopic (exact) mass is 579 g/mol. The van der Waals surface area contributed by atoms with Crippen molar-refractivity contribution in [3.63, 3.8) is 0 Å². The van der Waals surface area contributed by atoms with Gasteiger partial charge in [0.25, 0.3) is 0 Å². The maximum atomic E-state index is 11.9. The highest BCUT2D eigenvalue weighted by molar-refractivity contribution is 5.69. The van der Waals surface area contributed by atoms with Crippen molar-refractivity contribution >= 4 is 11.9 Å². The Labute approximate surface area is 253 Å². The molecule has 0 aromatic heterocycles. The molecule has 6 heteroatoms. The number of carbonyl (C=O) groups is 2. The Kier molecular flexibility index (Phi) is 31.5. The van der Waals surface area contributed by atoms with Crippen LogP contribution in [0.5, 0.6) is 0 Å². The van der Waals surface area contributed by atoms with Crippen LogP contribution in [0.2, 0.25) is 0 Å². The third-order valence-electron chi connectivity index (χ3n) is 7.34. The molecule has 0 heterocycles. The van der Waals surface area contributed by atoms with Crippen LogP contribution in [0.15, 0.2) is 24.3 Å². The smallest absolute Gasteiger partial charge is 0.306 e. The van der Waals surface area contributed by atoms with Gasteiger partial charge < -0.3 is 19.5 Å². The van der Waals surface area contributed by atoms with Crippen molar-refractivity contribution in [1.82, 2.24) is 4.90 Å². The third-order valence-corrected chi connectivity index (χ3v) is 7.34. The summed E-state index contributed by atoms with van der Waals surface area (Å²) in [5.41, 5.74) is 0. The molecule has 0 aliphatic carbocycles. The maximum Gasteiger partial charge on any atom is 0.306 e. The molecule has 1 N–H and O–H groups in total. The lowest BCUT2D eigenvalue weighted by Gasteiger charge is -2.21. The van der Waals surface area contributed by atoms with Gasteiger partial charge in [-0.2, -0.15) is 0 Å². The molecular formula is C35H65NO5. The molecule has 0 aromatic rings. The Hall–Kier alpha value is -1.66. The molecule has 41 heavy (non-hydrogen) atoms. The van der Waals surface area contributed by atoms with Crippen molar-refractivity contribution < 1.29 is 24.2 Å². The minimum absolute atomic E-state index is 0.0874. The van der Waals surface area contributed by atoms with E-state index in [1.165, 1.54) is 44.9 Å². The number of esters is 2. The number of allylic oxidation sites excluding steroid dienone is 2. The second kappa shape index (κ2) is 32.8. The van der Waals surface area contributed by atoms with Gasteiger partial charge in [0, 0.05) is 19.4 Å². The molecule has 0 aliphatic rings. The number of aliphatic hydroxyl groups is 1. The average Bonchev–Trinajstić information content (AvgIpc) is 2.96. The summed E-state index contributed by atoms with van der Waals surface area (Å²) in [5.74, 6) is -0.177. The first-order chi connectivity index (χ1) is 20.1. The zero-order chi connectivity index (χ0) is 30.1. The number of carbonyl (C=O) groups excluding carboxylic acids is 2. The fourth-order valence-electron chi connectivity index (χ4n) is 4.75. The number of hydrogen-bond acceptors (Lipinski definition) is 6. The number of unbranched alkanes of at least 4 members (excludes halogenated alkanes) is 15. The van der Waals surface area contributed by atoms with E-state index in [1.54, 1.807) is 0 Å². The van der Waals surface area contributed by atoms with Crippen LogP contribution in [0.3, 0.4) is 0 Å². The van der Waals surface area contributed by atoms with E-state index in [0.29, 0.717) is 26.1 Å². The van der Waals surface area contributed by atoms with Gasteiger partial charge in [-0.15, -0.1) is 0 Å². The van der Waals surface area contributed by atoms with Crippen LogP contribution in [-0.4, -0.2) is 61.4 Å². The maximum absolute atomic E-state index is 11.9. The van der Waals surface area contributed by atoms with Crippen LogP contribution in [0, 0.1) is 0 Å². The van der Waals surface area contributed by atoms with Gasteiger partial charge in [-0.3, -0.25) is 9.59 Å². The SMILES string of the molecule is CCCCC/C=C\COC(=O)CCCCCCCN(CCO)CCCCCCCC(=O)OC/C=C\CCCCCC. The lowest BCUT2D eigenvalue weighted by molar-refractivity contribution is -0.143. The molecule has 6 nitrogen and oxygen atoms in total. The molecule has 0 radical (unpaired) electrons. The van der Waals surface area contributed by atoms with E-state index < -0.39 is 0 Å². The molecular weight excluding hydrogens is 514 g/mol. The third kappa shape index (κ3) is 31.1. The van der Waals surface area contributed by atoms with Crippen LogP contribution in [-0.2, 0) is 19.1 Å². The van der Waals surface area contributed by atoms with Gasteiger partial charge in [-0.25, -0.2) is 0 Å². The van der Waals surface area contributed by atoms with E-state index in [2.05, 4.69) is 30.9 Å². The number of rotatable bonds is 31. The van der Waals surface area contributed by atoms with Crippen molar-refractivity contribution in [2.24, 2.45) is 0 Å². The Morgan fingerprint density at radius 3 is 1.44 bits per heavy atom. The first-order valence-corrected chi connectivity index (χ1v) is 17.1. The van der Waals surface area contributed by atoms with E-state index in [9.17, 15) is 14.7 Å². The quantitative estimate of drug-likeness (QED) is 0.0503. The lowest BCUT2D eigenvalue weighted by Crippen LogP contribution is -2.29. The fraction of sp³-hybridized carbons (Fsp3) is 0.829. The highest BCUT2D eigenvalue weighted by Crippen LogP contribution is 2.10. The van der Waals surface area contributed by atoms with Gasteiger partial charge in [0.1, 0.15) is 13.2 Å². The second-order valence-electron chi connectivity index (χ2n) is 11.3. The standard InChI is InChI=1S/C35H65NO5/c1-3-5-7-9-11-19-25-33-41-35(39)27-21-15-13-17-23-29-36(30-31-37)28-22-16-12-14-20-26-34(38)40-32-24-18-10-8-6-4-2/h18-19,24-25,37H,3-17,20-23,26-33H2,1-2H3/b24-18-,25-19-. The molecule has 0 saturated heterocycles. The van der Waals surface area contributed by atoms with Gasteiger partial charge in [0.05, 0.1) is 6.61 Å². The van der Waals surface area contributed by atoms with Gasteiger partial charge in [0.15, 0.2) is 0 Å². The summed E-state index contributed by atoms with van der Waals surface area (Å²) < 4.78 is 10.6. The van der Waals surface area contributed by atoms with Crippen LogP contribution in [0.25, 0.3) is 0 Å². The largest absolute Gasteiger partial charge is 0.461 e. The fourth-order valence-corrected chi connectivity index (χ4v) is 4.75. The first kappa shape index (κ1) is 39.3. The van der Waals surface area contributed by atoms with Crippen molar-refractivity contribution in [1.29, 1.82) is 0 Å². The summed E-state index contributed by atoms with van der Waals surface area (Å²) in [4.78, 5) is 26.0. The first-order valence-electron chi connectivity index (χ1n) is 17.1. The zero-order valence-corrected chi connectivity index (χ0v) is 26.9. The molecule has 0 unspecified atom stereocenters. The molecule has 0 rings (SSSR count). The predicted octanol–water partition coefficient (Wildman–Crippen LogP) is 8.71. The number of nitrogens with zero attached hydrogens (tertiary/aromatic N) is 1. The molecule has 0 fully saturated rings. The number of ether oxygens (including phenoxy) is 2. The predicted molar refractivity (Wildman–Crippen MR) is 172 cm³/mol. The van der Waals surface area contributed by atoms with E-state index in [4.69, 9.17) is 9.47 Å². The van der Waals surface area contributed by atoms with Crippen LogP contribution >= 0.6 is 0 Å². The zero-order valence-electron chi connectivity index (χ0n) is 26.9. The van der Waals surface area contributed by atoms with Crippen LogP contribution in [0.1, 0.15) is 149 Å². The topological polar surface area (TPSA) is 76.1 Å². The summed E-state index contributed by atoms with van der Waals surface area (Å²) in [7, 11) is 0. The van der Waals surface area contributed by atoms with Crippen molar-refractivity contribution in [3.8, 4) is 0 Å². The normalized spacial score (nSPS) is 11.7. The lowest BCUT2D eigenvalue weighted by atomic mass is 10.1. The van der Waals surface area contributed by atoms with Crippen molar-refractivity contribution in [2.75, 3.05) is 39.5 Å². The summed E-state index contributed by atoms with van der Waals surface area (Å²) in [6.45, 7) is 8.19. The van der Waals surface area contributed by atoms with E-state index in [-0.39, 0.29) is 18.5 Å². The Bertz CT molecular complexity index is 634. The Morgan fingerprint density at radius 1 is 0.537 bits per heavy atom. The molecule has 0 spiro atoms. The van der Waals surface area contributed by atoms with Gasteiger partial charge >= 0.3 is 11.9 Å². The van der Waals surface area contributed by atoms with E-state index >= 15 is 0 Å². The molecule has 0 bridgehead atoms. The molecule has 0 atom stereocenters. The highest BCUT2D eigenvalue weighted by Gasteiger charge is 2.06. The summed E-state index contributed by atoms with van der Waals surface area (Å²) >= 11 is 0. The van der Waals surface area contributed by atoms with E-state index in [0.717, 1.165) is 96.7 Å². The molecule has 0 aromatic carbocycles. The minimum atomic E-state index is -0.0894. The summed E-state index contributed by atoms with van der Waals surface area (Å²) in [6.07, 6.45) is 30.8. The van der Waals surface area contributed by atoms with Crippen molar-refractivity contribution in [2.45, 2.75) is 149 Å². The van der Waals surface area contributed by atoms with Gasteiger partial charge in [-0.1, -0.05) is 109 Å². The highest BCUT2D eigenvalue weighted by atomic mass is 16.5. The molecule has 0 aliphatic heterocycles. The average molecular weight is 580 g/mol. The van der Waals surface area contributed by atoms with Gasteiger partial charge in [0.2, 0.25) is 0 Å². The Morgan fingerprint density at radius 2 is 0.951 bits per heavy atom. The van der Waals surface area contributed by atoms with Crippen molar-refractivity contribution in [3.05, 3.63) is 24.3 Å². The summed E-state index contributed by atoms with van der Waals surface area (Å²) in [6, 6.07) is 0. The number of hydrogen-bond donors (Lipinski definition) is 1. The molecule has 0 saturated carbocycles. The minimum Gasteiger partial charge on any atom is -0.461 e.